The first-order chi connectivity index (χ1) is 3.81. The molecular weight excluding hydrogens is 197 g/mol. The molecule has 4 heteroatoms. The Bertz CT molecular complexity index is 51.5. The minimum Gasteiger partial charge on any atom is -0.379 e. The van der Waals surface area contributed by atoms with Crippen LogP contribution in [0.25, 0.3) is 0 Å². The Morgan fingerprint density at radius 3 is 2.44 bits per heavy atom. The first-order valence-electron chi connectivity index (χ1n) is 2.52. The van der Waals surface area contributed by atoms with Gasteiger partial charge in [-0.05, 0) is 6.92 Å². The van der Waals surface area contributed by atoms with E-state index in [0.717, 1.165) is 0 Å². The average molecular weight is 209 g/mol. The van der Waals surface area contributed by atoms with Crippen molar-refractivity contribution in [2.24, 2.45) is 0 Å². The molecule has 9 heavy (non-hydrogen) atoms. The van der Waals surface area contributed by atoms with Crippen molar-refractivity contribution in [3.05, 3.63) is 0 Å². The molecule has 0 aliphatic heterocycles. The van der Waals surface area contributed by atoms with Gasteiger partial charge in [0.2, 0.25) is 0 Å². The monoisotopic (exact) mass is 209 g/mol. The molecular formula is C5H12O3Y. The molecule has 0 aliphatic carbocycles. The standard InChI is InChI=1S/C5H12O3.Y/c1-5(7-2)3-8-4-6;/h5-6H,3-4H2,1-2H3;. The maximum Gasteiger partial charge on any atom is 0.143 e. The minimum atomic E-state index is -0.228. The number of aliphatic hydroxyl groups excluding tert-OH is 1. The molecule has 0 bridgehead atoms. The van der Waals surface area contributed by atoms with E-state index in [0.29, 0.717) is 6.61 Å². The van der Waals surface area contributed by atoms with Gasteiger partial charge in [-0.3, -0.25) is 0 Å². The molecule has 0 aromatic carbocycles. The van der Waals surface area contributed by atoms with Crippen LogP contribution in [0.1, 0.15) is 6.92 Å². The topological polar surface area (TPSA) is 38.7 Å². The third-order valence-electron chi connectivity index (χ3n) is 0.846. The van der Waals surface area contributed by atoms with E-state index in [4.69, 9.17) is 9.84 Å². The second-order valence-electron chi connectivity index (χ2n) is 1.55. The summed E-state index contributed by atoms with van der Waals surface area (Å²) in [6, 6.07) is 0. The Morgan fingerprint density at radius 2 is 2.11 bits per heavy atom. The second-order valence-corrected chi connectivity index (χ2v) is 1.55. The van der Waals surface area contributed by atoms with Crippen LogP contribution in [0.4, 0.5) is 0 Å². The maximum atomic E-state index is 8.13. The predicted octanol–water partition coefficient (Wildman–Crippen LogP) is -0.0148. The van der Waals surface area contributed by atoms with Gasteiger partial charge in [0.05, 0.1) is 12.7 Å². The van der Waals surface area contributed by atoms with Crippen molar-refractivity contribution < 1.29 is 47.3 Å². The molecule has 1 atom stereocenters. The SMILES string of the molecule is COC(C)COCO.[Y]. The molecule has 1 N–H and O–H groups in total. The maximum absolute atomic E-state index is 8.13. The van der Waals surface area contributed by atoms with Crippen LogP contribution in [-0.2, 0) is 42.2 Å². The number of hydrogen-bond donors (Lipinski definition) is 1. The van der Waals surface area contributed by atoms with E-state index in [2.05, 4.69) is 4.74 Å². The second kappa shape index (κ2) is 8.98. The van der Waals surface area contributed by atoms with Crippen molar-refractivity contribution in [1.82, 2.24) is 0 Å². The van der Waals surface area contributed by atoms with Crippen LogP contribution in [-0.4, -0.2) is 31.7 Å². The van der Waals surface area contributed by atoms with Crippen LogP contribution >= 0.6 is 0 Å². The van der Waals surface area contributed by atoms with Gasteiger partial charge < -0.3 is 14.6 Å². The zero-order chi connectivity index (χ0) is 6.41. The van der Waals surface area contributed by atoms with Crippen LogP contribution in [0.3, 0.4) is 0 Å². The zero-order valence-electron chi connectivity index (χ0n) is 5.83. The smallest absolute Gasteiger partial charge is 0.143 e. The normalized spacial score (nSPS) is 12.3. The molecule has 3 nitrogen and oxygen atoms in total. The van der Waals surface area contributed by atoms with Crippen molar-refractivity contribution in [1.29, 1.82) is 0 Å². The summed E-state index contributed by atoms with van der Waals surface area (Å²) in [5.41, 5.74) is 0. The van der Waals surface area contributed by atoms with Crippen molar-refractivity contribution in [2.75, 3.05) is 20.5 Å². The van der Waals surface area contributed by atoms with Crippen LogP contribution in [0.15, 0.2) is 0 Å². The van der Waals surface area contributed by atoms with E-state index in [1.54, 1.807) is 7.11 Å². The van der Waals surface area contributed by atoms with Gasteiger partial charge in [0.1, 0.15) is 6.79 Å². The number of hydrogen-bond acceptors (Lipinski definition) is 3. The largest absolute Gasteiger partial charge is 0.379 e. The average Bonchev–Trinajstić information content (AvgIpc) is 1.83. The Balaban J connectivity index is 0. The fourth-order valence-electron chi connectivity index (χ4n) is 0.287. The van der Waals surface area contributed by atoms with E-state index in [1.807, 2.05) is 6.92 Å². The summed E-state index contributed by atoms with van der Waals surface area (Å²) in [6.45, 7) is 2.09. The zero-order valence-corrected chi connectivity index (χ0v) is 8.67. The van der Waals surface area contributed by atoms with Gasteiger partial charge in [0, 0.05) is 39.8 Å². The van der Waals surface area contributed by atoms with Crippen molar-refractivity contribution in [3.8, 4) is 0 Å². The van der Waals surface area contributed by atoms with Crippen molar-refractivity contribution in [2.45, 2.75) is 13.0 Å². The molecule has 1 unspecified atom stereocenters. The van der Waals surface area contributed by atoms with Crippen molar-refractivity contribution in [3.63, 3.8) is 0 Å². The molecule has 1 radical (unpaired) electrons. The third kappa shape index (κ3) is 8.98. The van der Waals surface area contributed by atoms with Gasteiger partial charge in [-0.1, -0.05) is 0 Å². The Labute approximate surface area is 80.6 Å². The predicted molar refractivity (Wildman–Crippen MR) is 29.5 cm³/mol. The first-order valence-corrected chi connectivity index (χ1v) is 2.52. The molecule has 0 aromatic rings. The van der Waals surface area contributed by atoms with E-state index in [9.17, 15) is 0 Å². The summed E-state index contributed by atoms with van der Waals surface area (Å²) in [6.07, 6.45) is 0.0714. The minimum absolute atomic E-state index is 0. The summed E-state index contributed by atoms with van der Waals surface area (Å²) in [4.78, 5) is 0. The van der Waals surface area contributed by atoms with Gasteiger partial charge in [-0.15, -0.1) is 0 Å². The Morgan fingerprint density at radius 1 is 1.56 bits per heavy atom. The first kappa shape index (κ1) is 12.6. The molecule has 0 spiro atoms. The van der Waals surface area contributed by atoms with E-state index in [-0.39, 0.29) is 45.6 Å². The summed E-state index contributed by atoms with van der Waals surface area (Å²) >= 11 is 0. The molecule has 0 fully saturated rings. The molecule has 0 heterocycles. The van der Waals surface area contributed by atoms with Crippen LogP contribution < -0.4 is 0 Å². The molecule has 0 rings (SSSR count). The van der Waals surface area contributed by atoms with Crippen LogP contribution in [0, 0.1) is 0 Å². The van der Waals surface area contributed by atoms with Gasteiger partial charge in [0.25, 0.3) is 0 Å². The summed E-state index contributed by atoms with van der Waals surface area (Å²) in [5, 5.41) is 8.13. The fourth-order valence-corrected chi connectivity index (χ4v) is 0.287. The van der Waals surface area contributed by atoms with Crippen LogP contribution in [0.2, 0.25) is 0 Å². The molecule has 0 saturated heterocycles. The van der Waals surface area contributed by atoms with Gasteiger partial charge in [-0.25, -0.2) is 0 Å². The molecule has 0 aliphatic rings. The number of rotatable bonds is 4. The van der Waals surface area contributed by atoms with E-state index >= 15 is 0 Å². The van der Waals surface area contributed by atoms with Gasteiger partial charge in [-0.2, -0.15) is 0 Å². The molecule has 0 saturated carbocycles. The number of aliphatic hydroxyl groups is 1. The van der Waals surface area contributed by atoms with Crippen molar-refractivity contribution >= 4 is 0 Å². The quantitative estimate of drug-likeness (QED) is 0.661. The number of methoxy groups -OCH3 is 1. The third-order valence-corrected chi connectivity index (χ3v) is 0.846. The van der Waals surface area contributed by atoms with E-state index in [1.165, 1.54) is 0 Å². The Kier molecular flexibility index (Phi) is 12.6. The molecule has 0 amide bonds. The Hall–Kier alpha value is 0.984. The summed E-state index contributed by atoms with van der Waals surface area (Å²) in [5.74, 6) is 0. The van der Waals surface area contributed by atoms with E-state index < -0.39 is 0 Å². The van der Waals surface area contributed by atoms with Gasteiger partial charge in [0.15, 0.2) is 0 Å². The van der Waals surface area contributed by atoms with Crippen LogP contribution in [0.5, 0.6) is 0 Å². The van der Waals surface area contributed by atoms with Gasteiger partial charge >= 0.3 is 0 Å². The fraction of sp³-hybridized carbons (Fsp3) is 1.00. The number of ether oxygens (including phenoxy) is 2. The summed E-state index contributed by atoms with van der Waals surface area (Å²) in [7, 11) is 1.60. The summed E-state index contributed by atoms with van der Waals surface area (Å²) < 4.78 is 9.43. The molecule has 53 valence electrons. The molecule has 0 aromatic heterocycles.